The smallest absolute Gasteiger partial charge is 0.137 e. The molecule has 0 aliphatic carbocycles. The number of para-hydroxylation sites is 1. The van der Waals surface area contributed by atoms with Gasteiger partial charge in [-0.2, -0.15) is 0 Å². The fourth-order valence-corrected chi connectivity index (χ4v) is 2.46. The van der Waals surface area contributed by atoms with Crippen molar-refractivity contribution in [1.29, 1.82) is 0 Å². The van der Waals surface area contributed by atoms with Crippen LogP contribution in [0.4, 0.5) is 0 Å². The van der Waals surface area contributed by atoms with Gasteiger partial charge >= 0.3 is 0 Å². The molecule has 4 nitrogen and oxygen atoms in total. The molecule has 0 spiro atoms. The second-order valence-corrected chi connectivity index (χ2v) is 5.26. The van der Waals surface area contributed by atoms with E-state index in [9.17, 15) is 5.11 Å². The van der Waals surface area contributed by atoms with E-state index in [1.165, 1.54) is 0 Å². The van der Waals surface area contributed by atoms with Crippen molar-refractivity contribution in [2.75, 3.05) is 20.8 Å². The quantitative estimate of drug-likeness (QED) is 0.767. The number of aromatic hydroxyl groups is 1. The van der Waals surface area contributed by atoms with Gasteiger partial charge in [-0.05, 0) is 30.7 Å². The highest BCUT2D eigenvalue weighted by atomic mass is 35.5. The first-order valence-electron chi connectivity index (χ1n) is 7.03. The summed E-state index contributed by atoms with van der Waals surface area (Å²) in [7, 11) is 3.21. The number of methoxy groups -OCH3 is 2. The van der Waals surface area contributed by atoms with Crippen molar-refractivity contribution in [3.05, 3.63) is 52.5 Å². The number of hydrogen-bond acceptors (Lipinski definition) is 4. The molecular formula is C17H20ClNO3. The van der Waals surface area contributed by atoms with Gasteiger partial charge in [-0.15, -0.1) is 0 Å². The predicted molar refractivity (Wildman–Crippen MR) is 88.1 cm³/mol. The van der Waals surface area contributed by atoms with Crippen LogP contribution in [0.2, 0.25) is 5.02 Å². The molecule has 22 heavy (non-hydrogen) atoms. The van der Waals surface area contributed by atoms with Crippen LogP contribution >= 0.6 is 11.6 Å². The average molecular weight is 322 g/mol. The number of rotatable bonds is 7. The monoisotopic (exact) mass is 321 g/mol. The molecule has 0 heterocycles. The lowest BCUT2D eigenvalue weighted by molar-refractivity contribution is 0.398. The van der Waals surface area contributed by atoms with Crippen molar-refractivity contribution in [3.63, 3.8) is 0 Å². The fraction of sp³-hybridized carbons (Fsp3) is 0.294. The highest BCUT2D eigenvalue weighted by Crippen LogP contribution is 2.32. The number of nitrogens with one attached hydrogen (secondary N) is 1. The minimum Gasteiger partial charge on any atom is -0.508 e. The lowest BCUT2D eigenvalue weighted by atomic mass is 10.1. The van der Waals surface area contributed by atoms with E-state index in [0.29, 0.717) is 23.1 Å². The molecule has 2 aromatic carbocycles. The summed E-state index contributed by atoms with van der Waals surface area (Å²) in [4.78, 5) is 0. The molecule has 0 radical (unpaired) electrons. The molecule has 0 aliphatic heterocycles. The van der Waals surface area contributed by atoms with Crippen molar-refractivity contribution in [1.82, 2.24) is 5.32 Å². The van der Waals surface area contributed by atoms with Crippen LogP contribution in [0.5, 0.6) is 17.2 Å². The third kappa shape index (κ3) is 4.06. The zero-order valence-corrected chi connectivity index (χ0v) is 13.5. The number of ether oxygens (including phenoxy) is 2. The molecule has 0 fully saturated rings. The van der Waals surface area contributed by atoms with Gasteiger partial charge in [-0.3, -0.25) is 0 Å². The van der Waals surface area contributed by atoms with E-state index in [4.69, 9.17) is 21.1 Å². The van der Waals surface area contributed by atoms with Gasteiger partial charge in [0.25, 0.3) is 0 Å². The lowest BCUT2D eigenvalue weighted by Gasteiger charge is -2.13. The zero-order valence-electron chi connectivity index (χ0n) is 12.7. The van der Waals surface area contributed by atoms with E-state index in [0.717, 1.165) is 29.8 Å². The number of phenols is 1. The van der Waals surface area contributed by atoms with E-state index >= 15 is 0 Å². The van der Waals surface area contributed by atoms with E-state index < -0.39 is 0 Å². The van der Waals surface area contributed by atoms with Crippen LogP contribution in [-0.2, 0) is 13.0 Å². The topological polar surface area (TPSA) is 50.7 Å². The van der Waals surface area contributed by atoms with Gasteiger partial charge in [0.05, 0.1) is 19.2 Å². The molecule has 0 aromatic heterocycles. The van der Waals surface area contributed by atoms with Gasteiger partial charge < -0.3 is 19.9 Å². The summed E-state index contributed by atoms with van der Waals surface area (Å²) in [5.41, 5.74) is 1.90. The first-order valence-corrected chi connectivity index (χ1v) is 7.41. The highest BCUT2D eigenvalue weighted by molar-refractivity contribution is 6.32. The molecule has 0 aliphatic rings. The first-order chi connectivity index (χ1) is 10.7. The standard InChI is InChI=1S/C17H20ClNO3/c1-21-16-10-14(18)17(22-2)9-12(16)7-8-19-11-13-5-3-4-6-15(13)20/h3-6,9-10,19-20H,7-8,11H2,1-2H3. The molecule has 5 heteroatoms. The SMILES string of the molecule is COc1cc(CCNCc2ccccc2O)c(OC)cc1Cl. The van der Waals surface area contributed by atoms with Gasteiger partial charge in [0.15, 0.2) is 0 Å². The van der Waals surface area contributed by atoms with Crippen LogP contribution < -0.4 is 14.8 Å². The number of halogens is 1. The molecule has 2 N–H and O–H groups in total. The maximum atomic E-state index is 9.72. The molecule has 118 valence electrons. The number of benzene rings is 2. The summed E-state index contributed by atoms with van der Waals surface area (Å²) in [5.74, 6) is 1.69. The maximum Gasteiger partial charge on any atom is 0.137 e. The normalized spacial score (nSPS) is 10.5. The van der Waals surface area contributed by atoms with E-state index in [-0.39, 0.29) is 0 Å². The Labute approximate surface area is 135 Å². The molecule has 0 atom stereocenters. The van der Waals surface area contributed by atoms with Crippen LogP contribution in [-0.4, -0.2) is 25.9 Å². The number of hydrogen-bond donors (Lipinski definition) is 2. The Morgan fingerprint density at radius 2 is 1.77 bits per heavy atom. The van der Waals surface area contributed by atoms with Crippen LogP contribution in [0.25, 0.3) is 0 Å². The summed E-state index contributed by atoms with van der Waals surface area (Å²) < 4.78 is 10.6. The molecule has 0 amide bonds. The van der Waals surface area contributed by atoms with Gasteiger partial charge in [-0.25, -0.2) is 0 Å². The Morgan fingerprint density at radius 1 is 1.05 bits per heavy atom. The Hall–Kier alpha value is -1.91. The van der Waals surface area contributed by atoms with E-state index in [1.807, 2.05) is 24.3 Å². The lowest BCUT2D eigenvalue weighted by Crippen LogP contribution is -2.17. The summed E-state index contributed by atoms with van der Waals surface area (Å²) in [6.45, 7) is 1.36. The summed E-state index contributed by atoms with van der Waals surface area (Å²) in [6.07, 6.45) is 0.768. The van der Waals surface area contributed by atoms with Crippen LogP contribution in [0.1, 0.15) is 11.1 Å². The minimum absolute atomic E-state index is 0.306. The maximum absolute atomic E-state index is 9.72. The van der Waals surface area contributed by atoms with Gasteiger partial charge in [0.2, 0.25) is 0 Å². The molecular weight excluding hydrogens is 302 g/mol. The molecule has 2 aromatic rings. The third-order valence-electron chi connectivity index (χ3n) is 3.43. The second kappa shape index (κ2) is 7.92. The molecule has 0 unspecified atom stereocenters. The molecule has 0 saturated carbocycles. The van der Waals surface area contributed by atoms with Gasteiger partial charge in [-0.1, -0.05) is 29.8 Å². The van der Waals surface area contributed by atoms with Crippen molar-refractivity contribution >= 4 is 11.6 Å². The second-order valence-electron chi connectivity index (χ2n) is 4.85. The highest BCUT2D eigenvalue weighted by Gasteiger charge is 2.09. The Morgan fingerprint density at radius 3 is 2.45 bits per heavy atom. The zero-order chi connectivity index (χ0) is 15.9. The van der Waals surface area contributed by atoms with Gasteiger partial charge in [0, 0.05) is 18.2 Å². The Kier molecular flexibility index (Phi) is 5.92. The van der Waals surface area contributed by atoms with E-state index in [1.54, 1.807) is 26.4 Å². The predicted octanol–water partition coefficient (Wildman–Crippen LogP) is 3.40. The van der Waals surface area contributed by atoms with Crippen LogP contribution in [0.3, 0.4) is 0 Å². The molecule has 0 bridgehead atoms. The molecule has 0 saturated heterocycles. The van der Waals surface area contributed by atoms with Gasteiger partial charge in [0.1, 0.15) is 17.2 Å². The summed E-state index contributed by atoms with van der Waals surface area (Å²) in [6, 6.07) is 11.0. The first kappa shape index (κ1) is 16.5. The third-order valence-corrected chi connectivity index (χ3v) is 3.73. The van der Waals surface area contributed by atoms with Crippen molar-refractivity contribution in [2.24, 2.45) is 0 Å². The van der Waals surface area contributed by atoms with Crippen LogP contribution in [0, 0.1) is 0 Å². The van der Waals surface area contributed by atoms with Crippen molar-refractivity contribution in [3.8, 4) is 17.2 Å². The fourth-order valence-electron chi connectivity index (χ4n) is 2.23. The van der Waals surface area contributed by atoms with E-state index in [2.05, 4.69) is 5.32 Å². The number of phenolic OH excluding ortho intramolecular Hbond substituents is 1. The summed E-state index contributed by atoms with van der Waals surface area (Å²) in [5, 5.41) is 13.6. The molecule has 2 rings (SSSR count). The minimum atomic E-state index is 0.306. The van der Waals surface area contributed by atoms with Crippen LogP contribution in [0.15, 0.2) is 36.4 Å². The van der Waals surface area contributed by atoms with Crippen molar-refractivity contribution < 1.29 is 14.6 Å². The average Bonchev–Trinajstić information content (AvgIpc) is 2.53. The largest absolute Gasteiger partial charge is 0.508 e. The Balaban J connectivity index is 1.95. The van der Waals surface area contributed by atoms with Crippen molar-refractivity contribution in [2.45, 2.75) is 13.0 Å². The Bertz CT molecular complexity index is 631. The summed E-state index contributed by atoms with van der Waals surface area (Å²) >= 11 is 6.09.